The highest BCUT2D eigenvalue weighted by Crippen LogP contribution is 2.27. The molecular formula is C19H16N4O3. The van der Waals surface area contributed by atoms with E-state index in [0.717, 1.165) is 18.5 Å². The van der Waals surface area contributed by atoms with Crippen LogP contribution in [-0.4, -0.2) is 17.4 Å². The summed E-state index contributed by atoms with van der Waals surface area (Å²) in [5.74, 6) is -0.601. The molecule has 0 saturated carbocycles. The molecule has 7 heteroatoms. The predicted molar refractivity (Wildman–Crippen MR) is 97.5 cm³/mol. The van der Waals surface area contributed by atoms with Gasteiger partial charge in [-0.3, -0.25) is 14.9 Å². The number of nitrogens with zero attached hydrogens (tertiary/aromatic N) is 3. The van der Waals surface area contributed by atoms with Crippen LogP contribution in [0.15, 0.2) is 60.3 Å². The second kappa shape index (κ2) is 7.49. The van der Waals surface area contributed by atoms with Gasteiger partial charge in [0.05, 0.1) is 4.92 Å². The maximum Gasteiger partial charge on any atom is 0.271 e. The van der Waals surface area contributed by atoms with E-state index in [2.05, 4.69) is 5.32 Å². The van der Waals surface area contributed by atoms with Crippen LogP contribution in [0.4, 0.5) is 17.1 Å². The predicted octanol–water partition coefficient (Wildman–Crippen LogP) is 3.39. The number of fused-ring (bicyclic) bond motifs is 1. The van der Waals surface area contributed by atoms with Crippen LogP contribution < -0.4 is 10.2 Å². The molecule has 26 heavy (non-hydrogen) atoms. The first-order valence-electron chi connectivity index (χ1n) is 8.11. The quantitative estimate of drug-likeness (QED) is 0.395. The van der Waals surface area contributed by atoms with Crippen molar-refractivity contribution in [2.75, 3.05) is 16.8 Å². The van der Waals surface area contributed by atoms with Crippen molar-refractivity contribution >= 4 is 23.0 Å². The molecule has 0 aromatic heterocycles. The fourth-order valence-electron chi connectivity index (χ4n) is 2.89. The van der Waals surface area contributed by atoms with Gasteiger partial charge < -0.3 is 10.2 Å². The van der Waals surface area contributed by atoms with Gasteiger partial charge in [-0.2, -0.15) is 5.26 Å². The smallest absolute Gasteiger partial charge is 0.271 e. The zero-order valence-corrected chi connectivity index (χ0v) is 13.9. The van der Waals surface area contributed by atoms with Crippen molar-refractivity contribution < 1.29 is 9.72 Å². The van der Waals surface area contributed by atoms with Crippen LogP contribution in [0.2, 0.25) is 0 Å². The van der Waals surface area contributed by atoms with Gasteiger partial charge in [-0.05, 0) is 30.5 Å². The summed E-state index contributed by atoms with van der Waals surface area (Å²) in [5, 5.41) is 22.8. The summed E-state index contributed by atoms with van der Waals surface area (Å²) < 4.78 is 0. The number of para-hydroxylation sites is 1. The summed E-state index contributed by atoms with van der Waals surface area (Å²) in [6, 6.07) is 15.4. The Bertz CT molecular complexity index is 930. The van der Waals surface area contributed by atoms with Gasteiger partial charge in [0.25, 0.3) is 11.6 Å². The molecule has 1 heterocycles. The molecule has 0 atom stereocenters. The van der Waals surface area contributed by atoms with Crippen molar-refractivity contribution in [1.82, 2.24) is 0 Å². The van der Waals surface area contributed by atoms with Crippen LogP contribution in [0.25, 0.3) is 0 Å². The number of amides is 1. The Morgan fingerprint density at radius 3 is 2.85 bits per heavy atom. The minimum absolute atomic E-state index is 0.0618. The summed E-state index contributed by atoms with van der Waals surface area (Å²) in [6.45, 7) is 0.715. The van der Waals surface area contributed by atoms with E-state index in [1.807, 2.05) is 35.2 Å². The number of anilines is 2. The van der Waals surface area contributed by atoms with Gasteiger partial charge in [0, 0.05) is 36.3 Å². The van der Waals surface area contributed by atoms with Crippen molar-refractivity contribution in [2.45, 2.75) is 12.8 Å². The summed E-state index contributed by atoms with van der Waals surface area (Å²) in [7, 11) is 0. The van der Waals surface area contributed by atoms with Crippen molar-refractivity contribution in [3.05, 3.63) is 76.0 Å². The highest BCUT2D eigenvalue weighted by Gasteiger charge is 2.18. The third-order valence-electron chi connectivity index (χ3n) is 4.11. The first kappa shape index (κ1) is 17.2. The Morgan fingerprint density at radius 2 is 2.08 bits per heavy atom. The number of nitro groups is 1. The molecule has 2 aromatic carbocycles. The van der Waals surface area contributed by atoms with Gasteiger partial charge in [-0.25, -0.2) is 0 Å². The third-order valence-corrected chi connectivity index (χ3v) is 4.11. The third kappa shape index (κ3) is 3.70. The van der Waals surface area contributed by atoms with Crippen molar-refractivity contribution in [3.63, 3.8) is 0 Å². The number of nitriles is 1. The van der Waals surface area contributed by atoms with Gasteiger partial charge in [-0.15, -0.1) is 0 Å². The first-order chi connectivity index (χ1) is 12.6. The second-order valence-electron chi connectivity index (χ2n) is 5.84. The molecule has 7 nitrogen and oxygen atoms in total. The molecule has 130 valence electrons. The number of benzene rings is 2. The van der Waals surface area contributed by atoms with Crippen molar-refractivity contribution in [2.24, 2.45) is 0 Å². The Labute approximate surface area is 150 Å². The van der Waals surface area contributed by atoms with Crippen molar-refractivity contribution in [1.29, 1.82) is 5.26 Å². The van der Waals surface area contributed by atoms with Gasteiger partial charge >= 0.3 is 0 Å². The number of rotatable bonds is 4. The number of nitrogens with one attached hydrogen (secondary N) is 1. The second-order valence-corrected chi connectivity index (χ2v) is 5.84. The van der Waals surface area contributed by atoms with Gasteiger partial charge in [0.1, 0.15) is 11.6 Å². The number of aryl methyl sites for hydroxylation is 1. The lowest BCUT2D eigenvalue weighted by molar-refractivity contribution is -0.384. The van der Waals surface area contributed by atoms with Crippen LogP contribution in [0.3, 0.4) is 0 Å². The van der Waals surface area contributed by atoms with Gasteiger partial charge in [0.2, 0.25) is 0 Å². The van der Waals surface area contributed by atoms with Crippen LogP contribution in [-0.2, 0) is 11.2 Å². The van der Waals surface area contributed by atoms with E-state index in [4.69, 9.17) is 0 Å². The molecular weight excluding hydrogens is 332 g/mol. The molecule has 1 amide bonds. The first-order valence-corrected chi connectivity index (χ1v) is 8.11. The Kier molecular flexibility index (Phi) is 4.94. The van der Waals surface area contributed by atoms with Gasteiger partial charge in [0.15, 0.2) is 0 Å². The molecule has 1 aliphatic heterocycles. The maximum atomic E-state index is 12.4. The van der Waals surface area contributed by atoms with E-state index in [0.29, 0.717) is 6.54 Å². The largest absolute Gasteiger partial charge is 0.346 e. The molecule has 2 aromatic rings. The fourth-order valence-corrected chi connectivity index (χ4v) is 2.89. The standard InChI is InChI=1S/C19H16N4O3/c20-12-15(13-22-10-4-6-14-5-1-2-9-18(14)22)19(24)21-16-7-3-8-17(11-16)23(25)26/h1-3,5,7-9,11,13H,4,6,10H2,(H,21,24)/b15-13-. The van der Waals surface area contributed by atoms with E-state index in [1.54, 1.807) is 0 Å². The molecule has 0 bridgehead atoms. The average Bonchev–Trinajstić information content (AvgIpc) is 2.66. The molecule has 0 fully saturated rings. The fraction of sp³-hybridized carbons (Fsp3) is 0.158. The Hall–Kier alpha value is -3.66. The number of carbonyl (C=O) groups excluding carboxylic acids is 1. The molecule has 1 aliphatic rings. The zero-order chi connectivity index (χ0) is 18.5. The highest BCUT2D eigenvalue weighted by molar-refractivity contribution is 6.06. The molecule has 0 saturated heterocycles. The lowest BCUT2D eigenvalue weighted by atomic mass is 10.0. The summed E-state index contributed by atoms with van der Waals surface area (Å²) in [4.78, 5) is 24.6. The molecule has 0 radical (unpaired) electrons. The molecule has 0 unspecified atom stereocenters. The maximum absolute atomic E-state index is 12.4. The zero-order valence-electron chi connectivity index (χ0n) is 13.9. The van der Waals surface area contributed by atoms with Crippen LogP contribution >= 0.6 is 0 Å². The van der Waals surface area contributed by atoms with E-state index < -0.39 is 10.8 Å². The molecule has 0 aliphatic carbocycles. The lowest BCUT2D eigenvalue weighted by Gasteiger charge is -2.28. The van der Waals surface area contributed by atoms with E-state index in [9.17, 15) is 20.2 Å². The summed E-state index contributed by atoms with van der Waals surface area (Å²) in [6.07, 6.45) is 3.42. The van der Waals surface area contributed by atoms with Crippen molar-refractivity contribution in [3.8, 4) is 6.07 Å². The molecule has 3 rings (SSSR count). The number of non-ortho nitro benzene ring substituents is 1. The van der Waals surface area contributed by atoms with E-state index in [-0.39, 0.29) is 16.9 Å². The van der Waals surface area contributed by atoms with Gasteiger partial charge in [-0.1, -0.05) is 24.3 Å². The molecule has 0 spiro atoms. The van der Waals surface area contributed by atoms with Crippen LogP contribution in [0.5, 0.6) is 0 Å². The number of carbonyl (C=O) groups is 1. The number of hydrogen-bond donors (Lipinski definition) is 1. The minimum atomic E-state index is -0.601. The Balaban J connectivity index is 1.82. The van der Waals surface area contributed by atoms with E-state index >= 15 is 0 Å². The lowest BCUT2D eigenvalue weighted by Crippen LogP contribution is -2.26. The summed E-state index contributed by atoms with van der Waals surface area (Å²) in [5.41, 5.74) is 2.23. The van der Waals surface area contributed by atoms with Crippen LogP contribution in [0, 0.1) is 21.4 Å². The minimum Gasteiger partial charge on any atom is -0.346 e. The number of nitro benzene ring substituents is 1. The highest BCUT2D eigenvalue weighted by atomic mass is 16.6. The molecule has 1 N–H and O–H groups in total. The Morgan fingerprint density at radius 1 is 1.27 bits per heavy atom. The summed E-state index contributed by atoms with van der Waals surface area (Å²) >= 11 is 0. The monoisotopic (exact) mass is 348 g/mol. The average molecular weight is 348 g/mol. The van der Waals surface area contributed by atoms with E-state index in [1.165, 1.54) is 36.0 Å². The number of hydrogen-bond acceptors (Lipinski definition) is 5. The topological polar surface area (TPSA) is 99.3 Å². The van der Waals surface area contributed by atoms with Crippen LogP contribution in [0.1, 0.15) is 12.0 Å². The SMILES string of the molecule is N#C/C(=C/N1CCCc2ccccc21)C(=O)Nc1cccc([N+](=O)[O-])c1. The normalized spacial score (nSPS) is 13.5.